The molecule has 1 aromatic rings. The van der Waals surface area contributed by atoms with Gasteiger partial charge in [0.1, 0.15) is 5.75 Å². The van der Waals surface area contributed by atoms with Gasteiger partial charge in [-0.3, -0.25) is 4.90 Å². The van der Waals surface area contributed by atoms with Crippen LogP contribution < -0.4 is 5.32 Å². The van der Waals surface area contributed by atoms with Crippen molar-refractivity contribution in [3.63, 3.8) is 0 Å². The largest absolute Gasteiger partial charge is 0.508 e. The Morgan fingerprint density at radius 1 is 1.28 bits per heavy atom. The quantitative estimate of drug-likeness (QED) is 0.750. The number of benzene rings is 1. The standard InChI is InChI=1S/C14H22N2O2/c1-10-3-4-13(17)12(9-10)14(18)11(2)16-7-5-15-6-8-16/h3-4,9,11,14-15,17-18H,5-8H2,1-2H3. The Morgan fingerprint density at radius 2 is 1.94 bits per heavy atom. The van der Waals surface area contributed by atoms with Gasteiger partial charge in [-0.05, 0) is 26.0 Å². The second-order valence-corrected chi connectivity index (χ2v) is 5.03. The van der Waals surface area contributed by atoms with E-state index in [1.807, 2.05) is 26.0 Å². The van der Waals surface area contributed by atoms with E-state index in [0.717, 1.165) is 31.7 Å². The zero-order chi connectivity index (χ0) is 13.1. The Kier molecular flexibility index (Phi) is 4.22. The Morgan fingerprint density at radius 3 is 2.61 bits per heavy atom. The molecule has 2 unspecified atom stereocenters. The van der Waals surface area contributed by atoms with Crippen LogP contribution in [0.4, 0.5) is 0 Å². The van der Waals surface area contributed by atoms with Crippen LogP contribution in [0, 0.1) is 6.92 Å². The molecule has 1 saturated heterocycles. The van der Waals surface area contributed by atoms with Gasteiger partial charge in [-0.1, -0.05) is 11.6 Å². The normalized spacial score (nSPS) is 20.6. The molecular weight excluding hydrogens is 228 g/mol. The number of phenolic OH excluding ortho intramolecular Hbond substituents is 1. The molecular formula is C14H22N2O2. The molecule has 1 fully saturated rings. The van der Waals surface area contributed by atoms with Crippen molar-refractivity contribution in [1.82, 2.24) is 10.2 Å². The highest BCUT2D eigenvalue weighted by Crippen LogP contribution is 2.29. The molecule has 2 rings (SSSR count). The minimum Gasteiger partial charge on any atom is -0.508 e. The van der Waals surface area contributed by atoms with Gasteiger partial charge in [0.2, 0.25) is 0 Å². The third-order valence-electron chi connectivity index (χ3n) is 3.69. The third-order valence-corrected chi connectivity index (χ3v) is 3.69. The van der Waals surface area contributed by atoms with Crippen LogP contribution in [0.5, 0.6) is 5.75 Å². The Hall–Kier alpha value is -1.10. The van der Waals surface area contributed by atoms with Crippen molar-refractivity contribution in [3.8, 4) is 5.75 Å². The summed E-state index contributed by atoms with van der Waals surface area (Å²) in [5.41, 5.74) is 1.68. The summed E-state index contributed by atoms with van der Waals surface area (Å²) >= 11 is 0. The van der Waals surface area contributed by atoms with Gasteiger partial charge in [0.05, 0.1) is 6.10 Å². The number of nitrogens with one attached hydrogen (secondary N) is 1. The van der Waals surface area contributed by atoms with Gasteiger partial charge in [-0.2, -0.15) is 0 Å². The number of piperazine rings is 1. The Balaban J connectivity index is 2.13. The first-order valence-corrected chi connectivity index (χ1v) is 6.52. The van der Waals surface area contributed by atoms with E-state index < -0.39 is 6.10 Å². The molecule has 3 N–H and O–H groups in total. The first-order valence-electron chi connectivity index (χ1n) is 6.52. The van der Waals surface area contributed by atoms with Crippen LogP contribution in [0.1, 0.15) is 24.2 Å². The van der Waals surface area contributed by atoms with Gasteiger partial charge in [0, 0.05) is 37.8 Å². The molecule has 0 saturated carbocycles. The van der Waals surface area contributed by atoms with E-state index in [-0.39, 0.29) is 11.8 Å². The molecule has 0 radical (unpaired) electrons. The number of hydrogen-bond donors (Lipinski definition) is 3. The summed E-state index contributed by atoms with van der Waals surface area (Å²) in [5, 5.41) is 23.6. The van der Waals surface area contributed by atoms with Crippen LogP contribution in [0.15, 0.2) is 18.2 Å². The van der Waals surface area contributed by atoms with Crippen LogP contribution in [0.2, 0.25) is 0 Å². The van der Waals surface area contributed by atoms with Crippen molar-refractivity contribution in [2.75, 3.05) is 26.2 Å². The van der Waals surface area contributed by atoms with E-state index in [4.69, 9.17) is 0 Å². The highest BCUT2D eigenvalue weighted by atomic mass is 16.3. The summed E-state index contributed by atoms with van der Waals surface area (Å²) < 4.78 is 0. The number of rotatable bonds is 3. The first-order chi connectivity index (χ1) is 8.59. The van der Waals surface area contributed by atoms with Crippen molar-refractivity contribution in [1.29, 1.82) is 0 Å². The van der Waals surface area contributed by atoms with Crippen LogP contribution in [-0.4, -0.2) is 47.3 Å². The molecule has 0 aliphatic carbocycles. The van der Waals surface area contributed by atoms with E-state index in [1.165, 1.54) is 0 Å². The zero-order valence-corrected chi connectivity index (χ0v) is 11.1. The third kappa shape index (κ3) is 2.83. The minimum absolute atomic E-state index is 0.0137. The number of aromatic hydroxyl groups is 1. The summed E-state index contributed by atoms with van der Waals surface area (Å²) in [6, 6.07) is 5.37. The predicted molar refractivity (Wildman–Crippen MR) is 71.7 cm³/mol. The van der Waals surface area contributed by atoms with Crippen LogP contribution in [0.3, 0.4) is 0 Å². The van der Waals surface area contributed by atoms with Gasteiger partial charge in [-0.25, -0.2) is 0 Å². The van der Waals surface area contributed by atoms with Gasteiger partial charge in [0.15, 0.2) is 0 Å². The highest BCUT2D eigenvalue weighted by molar-refractivity contribution is 5.37. The lowest BCUT2D eigenvalue weighted by Crippen LogP contribution is -2.49. The molecule has 0 aromatic heterocycles. The van der Waals surface area contributed by atoms with Crippen LogP contribution >= 0.6 is 0 Å². The smallest absolute Gasteiger partial charge is 0.121 e. The second-order valence-electron chi connectivity index (χ2n) is 5.03. The van der Waals surface area contributed by atoms with E-state index in [9.17, 15) is 10.2 Å². The molecule has 18 heavy (non-hydrogen) atoms. The maximum absolute atomic E-state index is 10.4. The van der Waals surface area contributed by atoms with Gasteiger partial charge >= 0.3 is 0 Å². The monoisotopic (exact) mass is 250 g/mol. The van der Waals surface area contributed by atoms with E-state index in [1.54, 1.807) is 6.07 Å². The van der Waals surface area contributed by atoms with Crippen LogP contribution in [-0.2, 0) is 0 Å². The van der Waals surface area contributed by atoms with E-state index in [2.05, 4.69) is 10.2 Å². The number of phenols is 1. The lowest BCUT2D eigenvalue weighted by Gasteiger charge is -2.35. The fraction of sp³-hybridized carbons (Fsp3) is 0.571. The zero-order valence-electron chi connectivity index (χ0n) is 11.1. The molecule has 1 aliphatic heterocycles. The van der Waals surface area contributed by atoms with Gasteiger partial charge < -0.3 is 15.5 Å². The van der Waals surface area contributed by atoms with Crippen molar-refractivity contribution in [2.45, 2.75) is 26.0 Å². The number of aryl methyl sites for hydroxylation is 1. The number of aliphatic hydroxyl groups excluding tert-OH is 1. The lowest BCUT2D eigenvalue weighted by atomic mass is 9.99. The Bertz CT molecular complexity index is 403. The number of aliphatic hydroxyl groups is 1. The average molecular weight is 250 g/mol. The van der Waals surface area contributed by atoms with Crippen molar-refractivity contribution >= 4 is 0 Å². The SMILES string of the molecule is Cc1ccc(O)c(C(O)C(C)N2CCNCC2)c1. The second kappa shape index (κ2) is 5.69. The van der Waals surface area contributed by atoms with Crippen molar-refractivity contribution < 1.29 is 10.2 Å². The summed E-state index contributed by atoms with van der Waals surface area (Å²) in [5.74, 6) is 0.176. The topological polar surface area (TPSA) is 55.7 Å². The van der Waals surface area contributed by atoms with Crippen LogP contribution in [0.25, 0.3) is 0 Å². The molecule has 0 amide bonds. The van der Waals surface area contributed by atoms with E-state index in [0.29, 0.717) is 5.56 Å². The fourth-order valence-corrected chi connectivity index (χ4v) is 2.46. The fourth-order valence-electron chi connectivity index (χ4n) is 2.46. The molecule has 100 valence electrons. The first kappa shape index (κ1) is 13.3. The maximum Gasteiger partial charge on any atom is 0.121 e. The molecule has 4 heteroatoms. The molecule has 1 aliphatic rings. The van der Waals surface area contributed by atoms with Crippen molar-refractivity contribution in [2.24, 2.45) is 0 Å². The summed E-state index contributed by atoms with van der Waals surface area (Å²) in [4.78, 5) is 2.25. The molecule has 0 bridgehead atoms. The molecule has 2 atom stereocenters. The highest BCUT2D eigenvalue weighted by Gasteiger charge is 2.26. The summed E-state index contributed by atoms with van der Waals surface area (Å²) in [7, 11) is 0. The van der Waals surface area contributed by atoms with E-state index >= 15 is 0 Å². The maximum atomic E-state index is 10.4. The lowest BCUT2D eigenvalue weighted by molar-refractivity contribution is 0.0495. The minimum atomic E-state index is -0.650. The number of nitrogens with zero attached hydrogens (tertiary/aromatic N) is 1. The summed E-state index contributed by atoms with van der Waals surface area (Å²) in [6.45, 7) is 7.76. The molecule has 1 aromatic carbocycles. The number of hydrogen-bond acceptors (Lipinski definition) is 4. The molecule has 0 spiro atoms. The van der Waals surface area contributed by atoms with Crippen molar-refractivity contribution in [3.05, 3.63) is 29.3 Å². The Labute approximate surface area is 108 Å². The van der Waals surface area contributed by atoms with Gasteiger partial charge in [0.25, 0.3) is 0 Å². The molecule has 1 heterocycles. The van der Waals surface area contributed by atoms with Gasteiger partial charge in [-0.15, -0.1) is 0 Å². The average Bonchev–Trinajstić information content (AvgIpc) is 2.41. The summed E-state index contributed by atoms with van der Waals surface area (Å²) in [6.07, 6.45) is -0.650. The molecule has 4 nitrogen and oxygen atoms in total. The predicted octanol–water partition coefficient (Wildman–Crippen LogP) is 1.03.